The molecular weight excluding hydrogens is 214 g/mol. The summed E-state index contributed by atoms with van der Waals surface area (Å²) in [7, 11) is 1.61. The molecule has 0 bridgehead atoms. The Kier molecular flexibility index (Phi) is 3.35. The number of methoxy groups -OCH3 is 1. The zero-order chi connectivity index (χ0) is 12.3. The molecule has 0 fully saturated rings. The Hall–Kier alpha value is -1.94. The van der Waals surface area contributed by atoms with Crippen LogP contribution in [0.2, 0.25) is 0 Å². The molecule has 88 valence electrons. The van der Waals surface area contributed by atoms with Gasteiger partial charge in [0.25, 0.3) is 0 Å². The van der Waals surface area contributed by atoms with Crippen molar-refractivity contribution < 1.29 is 4.74 Å². The Balaban J connectivity index is 2.44. The van der Waals surface area contributed by atoms with Crippen LogP contribution in [-0.2, 0) is 0 Å². The molecule has 0 aliphatic carbocycles. The van der Waals surface area contributed by atoms with E-state index in [0.717, 1.165) is 16.8 Å². The molecule has 0 spiro atoms. The van der Waals surface area contributed by atoms with Gasteiger partial charge in [-0.1, -0.05) is 0 Å². The highest BCUT2D eigenvalue weighted by molar-refractivity contribution is 5.38. The van der Waals surface area contributed by atoms with E-state index in [2.05, 4.69) is 9.97 Å². The lowest BCUT2D eigenvalue weighted by Gasteiger charge is -2.16. The highest BCUT2D eigenvalue weighted by Crippen LogP contribution is 2.26. The van der Waals surface area contributed by atoms with Crippen molar-refractivity contribution in [2.75, 3.05) is 7.11 Å². The fraction of sp³-hybridized carbons (Fsp3) is 0.231. The minimum Gasteiger partial charge on any atom is -0.495 e. The van der Waals surface area contributed by atoms with Crippen LogP contribution in [0.5, 0.6) is 5.75 Å². The molecule has 0 amide bonds. The molecule has 0 saturated heterocycles. The molecule has 0 saturated carbocycles. The van der Waals surface area contributed by atoms with Crippen LogP contribution in [0, 0.1) is 6.92 Å². The van der Waals surface area contributed by atoms with Gasteiger partial charge >= 0.3 is 0 Å². The van der Waals surface area contributed by atoms with Gasteiger partial charge in [0.2, 0.25) is 0 Å². The molecule has 2 aromatic rings. The second kappa shape index (κ2) is 4.93. The van der Waals surface area contributed by atoms with E-state index in [1.807, 2.05) is 25.1 Å². The third kappa shape index (κ3) is 2.26. The molecule has 0 aliphatic heterocycles. The normalized spacial score (nSPS) is 12.2. The van der Waals surface area contributed by atoms with Gasteiger partial charge in [-0.2, -0.15) is 0 Å². The van der Waals surface area contributed by atoms with Crippen molar-refractivity contribution in [2.24, 2.45) is 5.73 Å². The van der Waals surface area contributed by atoms with E-state index in [0.29, 0.717) is 5.75 Å². The molecule has 4 heteroatoms. The molecule has 4 nitrogen and oxygen atoms in total. The zero-order valence-electron chi connectivity index (χ0n) is 9.92. The Labute approximate surface area is 100 Å². The largest absolute Gasteiger partial charge is 0.495 e. The predicted molar refractivity (Wildman–Crippen MR) is 65.8 cm³/mol. The van der Waals surface area contributed by atoms with E-state index in [1.54, 1.807) is 25.7 Å². The zero-order valence-corrected chi connectivity index (χ0v) is 9.92. The summed E-state index contributed by atoms with van der Waals surface area (Å²) in [5, 5.41) is 0. The van der Waals surface area contributed by atoms with Gasteiger partial charge in [-0.25, -0.2) is 0 Å². The maximum absolute atomic E-state index is 6.21. The lowest BCUT2D eigenvalue weighted by Crippen LogP contribution is -2.16. The first-order chi connectivity index (χ1) is 8.24. The van der Waals surface area contributed by atoms with E-state index in [1.165, 1.54) is 0 Å². The molecule has 1 atom stereocenters. The van der Waals surface area contributed by atoms with Crippen molar-refractivity contribution in [3.05, 3.63) is 53.6 Å². The standard InChI is InChI=1S/C13H15N3O/c1-9-5-7-15-8-10(9)12(14)13-11(17-2)4-3-6-16-13/h3-8,12H,14H2,1-2H3. The quantitative estimate of drug-likeness (QED) is 0.872. The summed E-state index contributed by atoms with van der Waals surface area (Å²) in [5.41, 5.74) is 9.00. The first-order valence-electron chi connectivity index (χ1n) is 5.39. The number of pyridine rings is 2. The van der Waals surface area contributed by atoms with Gasteiger partial charge in [0.1, 0.15) is 11.4 Å². The Morgan fingerprint density at radius 3 is 2.82 bits per heavy atom. The van der Waals surface area contributed by atoms with Crippen LogP contribution in [0.1, 0.15) is 22.9 Å². The monoisotopic (exact) mass is 229 g/mol. The van der Waals surface area contributed by atoms with Crippen LogP contribution >= 0.6 is 0 Å². The fourth-order valence-corrected chi connectivity index (χ4v) is 1.76. The van der Waals surface area contributed by atoms with Crippen molar-refractivity contribution in [2.45, 2.75) is 13.0 Å². The van der Waals surface area contributed by atoms with Crippen molar-refractivity contribution in [3.63, 3.8) is 0 Å². The molecule has 0 radical (unpaired) electrons. The molecule has 2 N–H and O–H groups in total. The molecule has 17 heavy (non-hydrogen) atoms. The van der Waals surface area contributed by atoms with Crippen LogP contribution < -0.4 is 10.5 Å². The molecule has 0 aromatic carbocycles. The van der Waals surface area contributed by atoms with Crippen molar-refractivity contribution >= 4 is 0 Å². The SMILES string of the molecule is COc1cccnc1C(N)c1cnccc1C. The van der Waals surface area contributed by atoms with Crippen LogP contribution in [0.3, 0.4) is 0 Å². The smallest absolute Gasteiger partial charge is 0.142 e. The maximum Gasteiger partial charge on any atom is 0.142 e. The molecule has 1 unspecified atom stereocenters. The van der Waals surface area contributed by atoms with Gasteiger partial charge in [0.05, 0.1) is 13.2 Å². The van der Waals surface area contributed by atoms with Gasteiger partial charge in [0, 0.05) is 18.6 Å². The van der Waals surface area contributed by atoms with Crippen molar-refractivity contribution in [1.82, 2.24) is 9.97 Å². The van der Waals surface area contributed by atoms with E-state index < -0.39 is 0 Å². The summed E-state index contributed by atoms with van der Waals surface area (Å²) in [4.78, 5) is 8.39. The highest BCUT2D eigenvalue weighted by atomic mass is 16.5. The van der Waals surface area contributed by atoms with Gasteiger partial charge in [-0.05, 0) is 36.2 Å². The Bertz CT molecular complexity index is 514. The summed E-state index contributed by atoms with van der Waals surface area (Å²) in [6, 6.07) is 5.30. The average Bonchev–Trinajstić information content (AvgIpc) is 2.38. The summed E-state index contributed by atoms with van der Waals surface area (Å²) in [5.74, 6) is 0.697. The first kappa shape index (κ1) is 11.5. The van der Waals surface area contributed by atoms with Gasteiger partial charge < -0.3 is 10.5 Å². The van der Waals surface area contributed by atoms with Crippen LogP contribution in [-0.4, -0.2) is 17.1 Å². The highest BCUT2D eigenvalue weighted by Gasteiger charge is 2.16. The predicted octanol–water partition coefficient (Wildman–Crippen LogP) is 1.84. The number of nitrogens with two attached hydrogens (primary N) is 1. The molecular formula is C13H15N3O. The second-order valence-corrected chi connectivity index (χ2v) is 3.80. The minimum absolute atomic E-state index is 0.320. The lowest BCUT2D eigenvalue weighted by atomic mass is 10.0. The van der Waals surface area contributed by atoms with Gasteiger partial charge in [-0.3, -0.25) is 9.97 Å². The summed E-state index contributed by atoms with van der Waals surface area (Å²) < 4.78 is 5.26. The number of aryl methyl sites for hydroxylation is 1. The third-order valence-corrected chi connectivity index (χ3v) is 2.73. The van der Waals surface area contributed by atoms with Gasteiger partial charge in [-0.15, -0.1) is 0 Å². The molecule has 0 aliphatic rings. The minimum atomic E-state index is -0.320. The molecule has 2 rings (SSSR count). The van der Waals surface area contributed by atoms with Crippen LogP contribution in [0.15, 0.2) is 36.8 Å². The van der Waals surface area contributed by atoms with Crippen molar-refractivity contribution in [3.8, 4) is 5.75 Å². The second-order valence-electron chi connectivity index (χ2n) is 3.80. The van der Waals surface area contributed by atoms with E-state index in [9.17, 15) is 0 Å². The van der Waals surface area contributed by atoms with Crippen molar-refractivity contribution in [1.29, 1.82) is 0 Å². The Morgan fingerprint density at radius 1 is 1.29 bits per heavy atom. The van der Waals surface area contributed by atoms with E-state index >= 15 is 0 Å². The lowest BCUT2D eigenvalue weighted by molar-refractivity contribution is 0.404. The summed E-state index contributed by atoms with van der Waals surface area (Å²) in [6.45, 7) is 2.01. The molecule has 2 heterocycles. The maximum atomic E-state index is 6.21. The first-order valence-corrected chi connectivity index (χ1v) is 5.39. The third-order valence-electron chi connectivity index (χ3n) is 2.73. The number of hydrogen-bond donors (Lipinski definition) is 1. The number of aromatic nitrogens is 2. The van der Waals surface area contributed by atoms with Gasteiger partial charge in [0.15, 0.2) is 0 Å². The topological polar surface area (TPSA) is 61.0 Å². The number of nitrogens with zero attached hydrogens (tertiary/aromatic N) is 2. The van der Waals surface area contributed by atoms with E-state index in [-0.39, 0.29) is 6.04 Å². The number of rotatable bonds is 3. The van der Waals surface area contributed by atoms with E-state index in [4.69, 9.17) is 10.5 Å². The van der Waals surface area contributed by atoms with Crippen LogP contribution in [0.25, 0.3) is 0 Å². The number of hydrogen-bond acceptors (Lipinski definition) is 4. The number of ether oxygens (including phenoxy) is 1. The summed E-state index contributed by atoms with van der Waals surface area (Å²) in [6.07, 6.45) is 5.23. The molecule has 2 aromatic heterocycles. The Morgan fingerprint density at radius 2 is 2.12 bits per heavy atom. The fourth-order valence-electron chi connectivity index (χ4n) is 1.76. The van der Waals surface area contributed by atoms with Crippen LogP contribution in [0.4, 0.5) is 0 Å². The summed E-state index contributed by atoms with van der Waals surface area (Å²) >= 11 is 0. The average molecular weight is 229 g/mol.